The lowest BCUT2D eigenvalue weighted by atomic mass is 10.0. The van der Waals surface area contributed by atoms with Crippen molar-refractivity contribution in [1.29, 1.82) is 0 Å². The van der Waals surface area contributed by atoms with Crippen molar-refractivity contribution in [2.75, 3.05) is 32.8 Å². The normalized spacial score (nSPS) is 16.6. The summed E-state index contributed by atoms with van der Waals surface area (Å²) in [7, 11) is 0. The number of nitrogens with zero attached hydrogens (tertiary/aromatic N) is 1. The van der Waals surface area contributed by atoms with Crippen molar-refractivity contribution in [3.63, 3.8) is 0 Å². The molecular formula is C17H28N2O. The van der Waals surface area contributed by atoms with Gasteiger partial charge in [-0.15, -0.1) is 0 Å². The summed E-state index contributed by atoms with van der Waals surface area (Å²) in [4.78, 5) is 2.61. The molecule has 20 heavy (non-hydrogen) atoms. The fourth-order valence-electron chi connectivity index (χ4n) is 2.93. The lowest BCUT2D eigenvalue weighted by Crippen LogP contribution is -2.45. The van der Waals surface area contributed by atoms with Crippen LogP contribution in [0.25, 0.3) is 0 Å². The molecule has 0 aromatic heterocycles. The van der Waals surface area contributed by atoms with Crippen LogP contribution in [0.1, 0.15) is 31.7 Å². The zero-order valence-corrected chi connectivity index (χ0v) is 12.9. The number of ether oxygens (including phenoxy) is 1. The fourth-order valence-corrected chi connectivity index (χ4v) is 2.93. The van der Waals surface area contributed by atoms with Crippen molar-refractivity contribution in [2.24, 2.45) is 0 Å². The van der Waals surface area contributed by atoms with E-state index in [0.717, 1.165) is 38.0 Å². The SMILES string of the molecule is CCCN(CCOc1ccccc1C)C1CCNCC1. The summed E-state index contributed by atoms with van der Waals surface area (Å²) in [5.41, 5.74) is 1.22. The van der Waals surface area contributed by atoms with E-state index < -0.39 is 0 Å². The van der Waals surface area contributed by atoms with E-state index in [1.54, 1.807) is 0 Å². The molecule has 1 aromatic rings. The molecule has 0 bridgehead atoms. The van der Waals surface area contributed by atoms with Gasteiger partial charge in [-0.05, 0) is 57.5 Å². The Balaban J connectivity index is 1.81. The van der Waals surface area contributed by atoms with Gasteiger partial charge in [-0.3, -0.25) is 4.90 Å². The summed E-state index contributed by atoms with van der Waals surface area (Å²) in [6, 6.07) is 8.99. The number of para-hydroxylation sites is 1. The first kappa shape index (κ1) is 15.3. The molecule has 1 saturated heterocycles. The molecule has 1 N–H and O–H groups in total. The van der Waals surface area contributed by atoms with Crippen LogP contribution < -0.4 is 10.1 Å². The maximum Gasteiger partial charge on any atom is 0.122 e. The quantitative estimate of drug-likeness (QED) is 0.829. The Bertz CT molecular complexity index is 388. The summed E-state index contributed by atoms with van der Waals surface area (Å²) in [5, 5.41) is 3.44. The lowest BCUT2D eigenvalue weighted by molar-refractivity contribution is 0.135. The van der Waals surface area contributed by atoms with Gasteiger partial charge in [0.25, 0.3) is 0 Å². The first-order chi connectivity index (χ1) is 9.81. The molecular weight excluding hydrogens is 248 g/mol. The van der Waals surface area contributed by atoms with Gasteiger partial charge in [0.2, 0.25) is 0 Å². The summed E-state index contributed by atoms with van der Waals surface area (Å²) in [6.07, 6.45) is 3.75. The molecule has 1 aromatic carbocycles. The van der Waals surface area contributed by atoms with Crippen LogP contribution >= 0.6 is 0 Å². The molecule has 1 fully saturated rings. The van der Waals surface area contributed by atoms with E-state index in [9.17, 15) is 0 Å². The molecule has 0 atom stereocenters. The number of rotatable bonds is 7. The number of benzene rings is 1. The summed E-state index contributed by atoms with van der Waals surface area (Å²) in [6.45, 7) is 9.68. The molecule has 0 amide bonds. The standard InChI is InChI=1S/C17H28N2O/c1-3-12-19(16-8-10-18-11-9-16)13-14-20-17-7-5-4-6-15(17)2/h4-7,16,18H,3,8-14H2,1-2H3. The van der Waals surface area contributed by atoms with E-state index in [4.69, 9.17) is 4.74 Å². The summed E-state index contributed by atoms with van der Waals surface area (Å²) in [5.74, 6) is 1.02. The molecule has 1 aliphatic heterocycles. The molecule has 0 radical (unpaired) electrons. The number of aryl methyl sites for hydroxylation is 1. The number of hydrogen-bond donors (Lipinski definition) is 1. The van der Waals surface area contributed by atoms with Crippen molar-refractivity contribution in [2.45, 2.75) is 39.2 Å². The second-order valence-electron chi connectivity index (χ2n) is 5.63. The van der Waals surface area contributed by atoms with Crippen molar-refractivity contribution in [3.8, 4) is 5.75 Å². The van der Waals surface area contributed by atoms with E-state index in [1.165, 1.54) is 31.4 Å². The van der Waals surface area contributed by atoms with Crippen LogP contribution in [0.15, 0.2) is 24.3 Å². The highest BCUT2D eigenvalue weighted by atomic mass is 16.5. The second-order valence-corrected chi connectivity index (χ2v) is 5.63. The van der Waals surface area contributed by atoms with Crippen molar-refractivity contribution < 1.29 is 4.74 Å². The van der Waals surface area contributed by atoms with Gasteiger partial charge in [0, 0.05) is 12.6 Å². The van der Waals surface area contributed by atoms with Gasteiger partial charge in [-0.25, -0.2) is 0 Å². The Morgan fingerprint density at radius 1 is 1.20 bits per heavy atom. The summed E-state index contributed by atoms with van der Waals surface area (Å²) >= 11 is 0. The average molecular weight is 276 g/mol. The first-order valence-electron chi connectivity index (χ1n) is 7.94. The highest BCUT2D eigenvalue weighted by Crippen LogP contribution is 2.17. The zero-order chi connectivity index (χ0) is 14.2. The first-order valence-corrected chi connectivity index (χ1v) is 7.94. The van der Waals surface area contributed by atoms with Crippen molar-refractivity contribution in [3.05, 3.63) is 29.8 Å². The zero-order valence-electron chi connectivity index (χ0n) is 12.9. The van der Waals surface area contributed by atoms with Crippen molar-refractivity contribution >= 4 is 0 Å². The van der Waals surface area contributed by atoms with Gasteiger partial charge >= 0.3 is 0 Å². The topological polar surface area (TPSA) is 24.5 Å². The molecule has 1 aliphatic rings. The van der Waals surface area contributed by atoms with Crippen LogP contribution in [0.5, 0.6) is 5.75 Å². The molecule has 112 valence electrons. The molecule has 0 aliphatic carbocycles. The maximum atomic E-state index is 5.95. The van der Waals surface area contributed by atoms with E-state index in [0.29, 0.717) is 0 Å². The Morgan fingerprint density at radius 3 is 2.65 bits per heavy atom. The maximum absolute atomic E-state index is 5.95. The van der Waals surface area contributed by atoms with E-state index in [1.807, 2.05) is 6.07 Å². The smallest absolute Gasteiger partial charge is 0.122 e. The number of piperidine rings is 1. The van der Waals surface area contributed by atoms with Gasteiger partial charge in [-0.1, -0.05) is 25.1 Å². The third-order valence-corrected chi connectivity index (χ3v) is 4.07. The van der Waals surface area contributed by atoms with E-state index in [2.05, 4.69) is 42.3 Å². The lowest BCUT2D eigenvalue weighted by Gasteiger charge is -2.34. The average Bonchev–Trinajstić information content (AvgIpc) is 2.49. The highest BCUT2D eigenvalue weighted by molar-refractivity contribution is 5.31. The Kier molecular flexibility index (Phi) is 6.34. The Labute approximate surface area is 123 Å². The number of hydrogen-bond acceptors (Lipinski definition) is 3. The largest absolute Gasteiger partial charge is 0.492 e. The van der Waals surface area contributed by atoms with Crippen LogP contribution in [0, 0.1) is 6.92 Å². The minimum absolute atomic E-state index is 0.733. The van der Waals surface area contributed by atoms with Crippen LogP contribution in [-0.2, 0) is 0 Å². The highest BCUT2D eigenvalue weighted by Gasteiger charge is 2.19. The van der Waals surface area contributed by atoms with Crippen LogP contribution in [0.4, 0.5) is 0 Å². The molecule has 0 spiro atoms. The van der Waals surface area contributed by atoms with Crippen LogP contribution in [0.3, 0.4) is 0 Å². The molecule has 2 rings (SSSR count). The minimum atomic E-state index is 0.733. The Hall–Kier alpha value is -1.06. The molecule has 1 heterocycles. The molecule has 3 nitrogen and oxygen atoms in total. The predicted octanol–water partition coefficient (Wildman–Crippen LogP) is 2.84. The molecule has 0 saturated carbocycles. The third kappa shape index (κ3) is 4.50. The second kappa shape index (κ2) is 8.28. The van der Waals surface area contributed by atoms with Gasteiger partial charge in [0.1, 0.15) is 12.4 Å². The third-order valence-electron chi connectivity index (χ3n) is 4.07. The van der Waals surface area contributed by atoms with Crippen LogP contribution in [-0.4, -0.2) is 43.7 Å². The van der Waals surface area contributed by atoms with E-state index in [-0.39, 0.29) is 0 Å². The van der Waals surface area contributed by atoms with Gasteiger partial charge < -0.3 is 10.1 Å². The minimum Gasteiger partial charge on any atom is -0.492 e. The van der Waals surface area contributed by atoms with Gasteiger partial charge in [0.05, 0.1) is 0 Å². The van der Waals surface area contributed by atoms with Gasteiger partial charge in [-0.2, -0.15) is 0 Å². The monoisotopic (exact) mass is 276 g/mol. The number of nitrogens with one attached hydrogen (secondary N) is 1. The van der Waals surface area contributed by atoms with Crippen molar-refractivity contribution in [1.82, 2.24) is 10.2 Å². The van der Waals surface area contributed by atoms with Gasteiger partial charge in [0.15, 0.2) is 0 Å². The van der Waals surface area contributed by atoms with E-state index >= 15 is 0 Å². The summed E-state index contributed by atoms with van der Waals surface area (Å²) < 4.78 is 5.95. The Morgan fingerprint density at radius 2 is 1.95 bits per heavy atom. The van der Waals surface area contributed by atoms with Crippen LogP contribution in [0.2, 0.25) is 0 Å². The molecule has 0 unspecified atom stereocenters. The predicted molar refractivity (Wildman–Crippen MR) is 84.4 cm³/mol. The molecule has 3 heteroatoms. The fraction of sp³-hybridized carbons (Fsp3) is 0.647.